The van der Waals surface area contributed by atoms with Crippen molar-refractivity contribution in [2.75, 3.05) is 12.3 Å². The van der Waals surface area contributed by atoms with Gasteiger partial charge in [0.25, 0.3) is 0 Å². The number of unbranched alkanes of at least 4 members (excludes halogenated alkanes) is 3. The van der Waals surface area contributed by atoms with Crippen molar-refractivity contribution in [1.29, 1.82) is 0 Å². The maximum atomic E-state index is 4.59. The number of aliphatic imine (C=N–C) groups is 1. The fraction of sp³-hybridized carbons (Fsp3) is 0.667. The van der Waals surface area contributed by atoms with E-state index in [4.69, 9.17) is 0 Å². The van der Waals surface area contributed by atoms with E-state index >= 15 is 0 Å². The Hall–Kier alpha value is -1.36. The van der Waals surface area contributed by atoms with Crippen LogP contribution in [0, 0.1) is 5.92 Å². The van der Waals surface area contributed by atoms with Gasteiger partial charge < -0.3 is 4.90 Å². The maximum absolute atomic E-state index is 4.59. The fourth-order valence-corrected chi connectivity index (χ4v) is 2.41. The molecule has 5 heteroatoms. The Labute approximate surface area is 167 Å². The molecule has 4 nitrogen and oxygen atoms in total. The minimum Gasteiger partial charge on any atom is -0.310 e. The summed E-state index contributed by atoms with van der Waals surface area (Å²) in [7, 11) is 0. The summed E-state index contributed by atoms with van der Waals surface area (Å²) >= 11 is 4.27. The highest BCUT2D eigenvalue weighted by Gasteiger charge is 2.14. The van der Waals surface area contributed by atoms with Gasteiger partial charge in [-0.15, -0.1) is 5.10 Å². The molecule has 0 rings (SSSR count). The molecule has 0 N–H and O–H groups in total. The topological polar surface area (TPSA) is 40.3 Å². The second-order valence-electron chi connectivity index (χ2n) is 5.69. The minimum atomic E-state index is 0.457. The summed E-state index contributed by atoms with van der Waals surface area (Å²) in [4.78, 5) is 6.73. The molecule has 0 spiro atoms. The third-order valence-electron chi connectivity index (χ3n) is 3.67. The summed E-state index contributed by atoms with van der Waals surface area (Å²) < 4.78 is 0. The molecule has 0 fully saturated rings. The fourth-order valence-electron chi connectivity index (χ4n) is 2.19. The van der Waals surface area contributed by atoms with Gasteiger partial charge in [-0.1, -0.05) is 46.6 Å². The van der Waals surface area contributed by atoms with Gasteiger partial charge in [0.2, 0.25) is 0 Å². The summed E-state index contributed by atoms with van der Waals surface area (Å²) in [5.74, 6) is 3.12. The van der Waals surface area contributed by atoms with Gasteiger partial charge >= 0.3 is 0 Å². The first kappa shape index (κ1) is 26.9. The molecule has 0 radical (unpaired) electrons. The monoisotopic (exact) mass is 380 g/mol. The number of hydrogen-bond acceptors (Lipinski definition) is 4. The summed E-state index contributed by atoms with van der Waals surface area (Å²) in [6, 6.07) is 0. The number of hydrogen-bond donors (Lipinski definition) is 1. The number of allylic oxidation sites excluding steroid dienone is 2. The molecule has 0 aliphatic carbocycles. The van der Waals surface area contributed by atoms with Gasteiger partial charge in [0.15, 0.2) is 5.84 Å². The summed E-state index contributed by atoms with van der Waals surface area (Å²) in [5.41, 5.74) is 0. The van der Waals surface area contributed by atoms with Crippen molar-refractivity contribution in [2.24, 2.45) is 21.1 Å². The summed E-state index contributed by atoms with van der Waals surface area (Å²) in [5, 5.41) is 7.94. The van der Waals surface area contributed by atoms with E-state index in [2.05, 4.69) is 59.4 Å². The number of amidine groups is 1. The molecule has 0 amide bonds. The normalized spacial score (nSPS) is 13.7. The highest BCUT2D eigenvalue weighted by Crippen LogP contribution is 2.16. The van der Waals surface area contributed by atoms with Crippen LogP contribution < -0.4 is 0 Å². The van der Waals surface area contributed by atoms with E-state index < -0.39 is 0 Å². The molecule has 0 saturated carbocycles. The molecule has 0 saturated heterocycles. The van der Waals surface area contributed by atoms with Crippen molar-refractivity contribution in [1.82, 2.24) is 4.90 Å². The van der Waals surface area contributed by atoms with Gasteiger partial charge in [0.1, 0.15) is 5.82 Å². The average molecular weight is 381 g/mol. The van der Waals surface area contributed by atoms with E-state index in [0.717, 1.165) is 43.2 Å². The van der Waals surface area contributed by atoms with Gasteiger partial charge in [0.05, 0.1) is 0 Å². The number of thiol groups is 1. The third-order valence-corrected chi connectivity index (χ3v) is 3.99. The zero-order valence-electron chi connectivity index (χ0n) is 17.8. The molecule has 0 heterocycles. The van der Waals surface area contributed by atoms with Crippen molar-refractivity contribution < 1.29 is 0 Å². The van der Waals surface area contributed by atoms with Crippen molar-refractivity contribution in [3.63, 3.8) is 0 Å². The van der Waals surface area contributed by atoms with Crippen LogP contribution in [0.25, 0.3) is 0 Å². The first-order valence-corrected chi connectivity index (χ1v) is 10.5. The molecule has 0 aromatic carbocycles. The smallest absolute Gasteiger partial charge is 0.156 e. The van der Waals surface area contributed by atoms with E-state index in [9.17, 15) is 0 Å². The van der Waals surface area contributed by atoms with Crippen LogP contribution in [0.2, 0.25) is 0 Å². The van der Waals surface area contributed by atoms with Gasteiger partial charge in [-0.2, -0.15) is 17.7 Å². The van der Waals surface area contributed by atoms with Crippen molar-refractivity contribution in [2.45, 2.75) is 73.6 Å². The molecule has 0 bridgehead atoms. The third kappa shape index (κ3) is 12.9. The Kier molecular flexibility index (Phi) is 20.6. The molecule has 0 aromatic rings. The average Bonchev–Trinajstić information content (AvgIpc) is 2.66. The summed E-state index contributed by atoms with van der Waals surface area (Å²) in [6.45, 7) is 16.7. The Balaban J connectivity index is 0. The molecular weight excluding hydrogens is 340 g/mol. The predicted octanol–water partition coefficient (Wildman–Crippen LogP) is 6.37. The first-order valence-electron chi connectivity index (χ1n) is 9.89. The van der Waals surface area contributed by atoms with Gasteiger partial charge in [-0.05, 0) is 56.9 Å². The summed E-state index contributed by atoms with van der Waals surface area (Å²) in [6.07, 6.45) is 13.7. The molecule has 150 valence electrons. The molecule has 26 heavy (non-hydrogen) atoms. The van der Waals surface area contributed by atoms with E-state index in [1.807, 2.05) is 46.1 Å². The Bertz CT molecular complexity index is 453. The van der Waals surface area contributed by atoms with Crippen LogP contribution >= 0.6 is 12.6 Å². The SMILES string of the molecule is C=N/N=C(\C=C/C)N(CCCCCCS)C(=C/C(C)CC)/N=C\C.CC. The largest absolute Gasteiger partial charge is 0.310 e. The van der Waals surface area contributed by atoms with Crippen LogP contribution in [0.5, 0.6) is 0 Å². The van der Waals surface area contributed by atoms with E-state index in [1.165, 1.54) is 12.8 Å². The van der Waals surface area contributed by atoms with Crippen LogP contribution in [0.15, 0.2) is 39.2 Å². The molecular formula is C21H40N4S. The molecule has 0 aromatic heterocycles. The van der Waals surface area contributed by atoms with Crippen LogP contribution in [0.1, 0.15) is 73.6 Å². The van der Waals surface area contributed by atoms with Crippen molar-refractivity contribution >= 4 is 31.4 Å². The number of rotatable bonds is 12. The van der Waals surface area contributed by atoms with Crippen LogP contribution in [-0.2, 0) is 0 Å². The molecule has 1 unspecified atom stereocenters. The van der Waals surface area contributed by atoms with Gasteiger partial charge in [0, 0.05) is 19.5 Å². The predicted molar refractivity (Wildman–Crippen MR) is 124 cm³/mol. The van der Waals surface area contributed by atoms with Gasteiger partial charge in [-0.3, -0.25) is 0 Å². The maximum Gasteiger partial charge on any atom is 0.156 e. The lowest BCUT2D eigenvalue weighted by molar-refractivity contribution is 0.467. The van der Waals surface area contributed by atoms with E-state index in [1.54, 1.807) is 0 Å². The minimum absolute atomic E-state index is 0.457. The lowest BCUT2D eigenvalue weighted by Gasteiger charge is -2.25. The van der Waals surface area contributed by atoms with E-state index in [0.29, 0.717) is 5.92 Å². The van der Waals surface area contributed by atoms with Crippen LogP contribution in [-0.4, -0.2) is 36.0 Å². The second kappa shape index (κ2) is 20.0. The lowest BCUT2D eigenvalue weighted by Crippen LogP contribution is -2.30. The Morgan fingerprint density at radius 3 is 2.31 bits per heavy atom. The standard InChI is InChI=1S/C19H34N4S.C2H6/c1-6-13-18(22-20-5)23(14-11-9-10-12-15-24)19(21-8-3)16-17(4)7-2;1-2/h6,8,13,16-17,24H,5,7,9-12,14-15H2,1-4H3;1-2H3/b13-6-,19-16+,21-8-,22-18+;. The van der Waals surface area contributed by atoms with Crippen molar-refractivity contribution in [3.05, 3.63) is 24.0 Å². The van der Waals surface area contributed by atoms with Gasteiger partial charge in [-0.25, -0.2) is 4.99 Å². The lowest BCUT2D eigenvalue weighted by atomic mass is 10.1. The molecule has 1 atom stereocenters. The molecule has 0 aliphatic heterocycles. The zero-order valence-corrected chi connectivity index (χ0v) is 18.7. The quantitative estimate of drug-likeness (QED) is 0.138. The highest BCUT2D eigenvalue weighted by molar-refractivity contribution is 7.80. The van der Waals surface area contributed by atoms with Crippen LogP contribution in [0.3, 0.4) is 0 Å². The Morgan fingerprint density at radius 1 is 1.15 bits per heavy atom. The zero-order chi connectivity index (χ0) is 20.2. The highest BCUT2D eigenvalue weighted by atomic mass is 32.1. The van der Waals surface area contributed by atoms with Crippen molar-refractivity contribution in [3.8, 4) is 0 Å². The first-order chi connectivity index (χ1) is 12.6. The Morgan fingerprint density at radius 2 is 1.81 bits per heavy atom. The van der Waals surface area contributed by atoms with E-state index in [-0.39, 0.29) is 0 Å². The second-order valence-corrected chi connectivity index (χ2v) is 6.13. The molecule has 0 aliphatic rings. The number of nitrogens with zero attached hydrogens (tertiary/aromatic N) is 4. The van der Waals surface area contributed by atoms with Crippen LogP contribution in [0.4, 0.5) is 0 Å².